The number of halogens is 1. The van der Waals surface area contributed by atoms with Gasteiger partial charge in [0, 0.05) is 24.2 Å². The fourth-order valence-electron chi connectivity index (χ4n) is 4.01. The van der Waals surface area contributed by atoms with Gasteiger partial charge in [0.05, 0.1) is 30.0 Å². The van der Waals surface area contributed by atoms with E-state index < -0.39 is 0 Å². The summed E-state index contributed by atoms with van der Waals surface area (Å²) >= 11 is 0. The molecule has 1 aromatic carbocycles. The smallest absolute Gasteiger partial charge is 0.317 e. The Hall–Kier alpha value is -4.08. The molecule has 0 spiro atoms. The summed E-state index contributed by atoms with van der Waals surface area (Å²) in [6.07, 6.45) is 3.89. The normalized spacial score (nSPS) is 14.3. The maximum Gasteiger partial charge on any atom is 0.317 e. The van der Waals surface area contributed by atoms with Gasteiger partial charge in [-0.3, -0.25) is 4.79 Å². The van der Waals surface area contributed by atoms with Gasteiger partial charge in [0.25, 0.3) is 0 Å². The minimum Gasteiger partial charge on any atom is -0.333 e. The molecule has 5 rings (SSSR count). The second kappa shape index (κ2) is 8.05. The van der Waals surface area contributed by atoms with E-state index in [4.69, 9.17) is 0 Å². The van der Waals surface area contributed by atoms with Crippen molar-refractivity contribution in [2.45, 2.75) is 32.4 Å². The van der Waals surface area contributed by atoms with Crippen LogP contribution >= 0.6 is 0 Å². The van der Waals surface area contributed by atoms with E-state index in [-0.39, 0.29) is 23.4 Å². The molecule has 1 aliphatic rings. The quantitative estimate of drug-likeness (QED) is 0.469. The number of hydrogen-bond acceptors (Lipinski definition) is 5. The molecule has 10 heteroatoms. The number of likely N-dealkylation sites (tertiary alicyclic amines) is 1. The van der Waals surface area contributed by atoms with Crippen LogP contribution in [0.3, 0.4) is 0 Å². The summed E-state index contributed by atoms with van der Waals surface area (Å²) in [6, 6.07) is 9.59. The van der Waals surface area contributed by atoms with Crippen molar-refractivity contribution in [2.24, 2.45) is 0 Å². The molecule has 1 aliphatic heterocycles. The fourth-order valence-corrected chi connectivity index (χ4v) is 4.01. The third-order valence-corrected chi connectivity index (χ3v) is 5.69. The van der Waals surface area contributed by atoms with E-state index in [9.17, 15) is 14.0 Å². The van der Waals surface area contributed by atoms with Gasteiger partial charge >= 0.3 is 6.03 Å². The summed E-state index contributed by atoms with van der Waals surface area (Å²) in [7, 11) is 0. The van der Waals surface area contributed by atoms with E-state index in [1.54, 1.807) is 29.4 Å². The van der Waals surface area contributed by atoms with Gasteiger partial charge in [0.1, 0.15) is 17.2 Å². The van der Waals surface area contributed by atoms with E-state index in [0.29, 0.717) is 42.1 Å². The predicted octanol–water partition coefficient (Wildman–Crippen LogP) is 3.58. The predicted molar refractivity (Wildman–Crippen MR) is 124 cm³/mol. The van der Waals surface area contributed by atoms with Crippen molar-refractivity contribution in [1.82, 2.24) is 34.4 Å². The van der Waals surface area contributed by atoms with E-state index in [0.717, 1.165) is 11.3 Å². The van der Waals surface area contributed by atoms with Crippen molar-refractivity contribution in [3.05, 3.63) is 60.4 Å². The molecule has 1 fully saturated rings. The van der Waals surface area contributed by atoms with Crippen LogP contribution in [-0.4, -0.2) is 60.0 Å². The van der Waals surface area contributed by atoms with Gasteiger partial charge in [-0.1, -0.05) is 0 Å². The highest BCUT2D eigenvalue weighted by atomic mass is 19.1. The average Bonchev–Trinajstić information content (AvgIpc) is 3.35. The van der Waals surface area contributed by atoms with Crippen LogP contribution in [0.15, 0.2) is 48.9 Å². The topological polar surface area (TPSA) is 97.4 Å². The largest absolute Gasteiger partial charge is 0.333 e. The van der Waals surface area contributed by atoms with Crippen LogP contribution < -0.4 is 5.32 Å². The zero-order chi connectivity index (χ0) is 24.0. The minimum absolute atomic E-state index is 0.00626. The Morgan fingerprint density at radius 3 is 2.53 bits per heavy atom. The van der Waals surface area contributed by atoms with Gasteiger partial charge in [-0.25, -0.2) is 23.7 Å². The van der Waals surface area contributed by atoms with Gasteiger partial charge in [0.15, 0.2) is 11.9 Å². The Kier molecular flexibility index (Phi) is 5.15. The summed E-state index contributed by atoms with van der Waals surface area (Å²) < 4.78 is 17.0. The molecule has 2 amide bonds. The summed E-state index contributed by atoms with van der Waals surface area (Å²) in [5, 5.41) is 7.63. The number of nitrogens with one attached hydrogen (secondary N) is 1. The fraction of sp³-hybridized carbons (Fsp3) is 0.292. The second-order valence-electron chi connectivity index (χ2n) is 9.38. The third-order valence-electron chi connectivity index (χ3n) is 5.69. The van der Waals surface area contributed by atoms with Crippen molar-refractivity contribution in [3.8, 4) is 22.6 Å². The van der Waals surface area contributed by atoms with Crippen LogP contribution in [0.4, 0.5) is 9.18 Å². The maximum absolute atomic E-state index is 13.6. The number of rotatable bonds is 4. The minimum atomic E-state index is -0.335. The lowest BCUT2D eigenvalue weighted by Crippen LogP contribution is -2.57. The van der Waals surface area contributed by atoms with Crippen molar-refractivity contribution in [1.29, 1.82) is 0 Å². The first-order valence-electron chi connectivity index (χ1n) is 10.9. The third kappa shape index (κ3) is 3.91. The number of imidazole rings is 2. The lowest BCUT2D eigenvalue weighted by Gasteiger charge is -2.41. The molecule has 4 heterocycles. The number of hydrogen-bond donors (Lipinski definition) is 1. The van der Waals surface area contributed by atoms with Crippen LogP contribution in [0.5, 0.6) is 0 Å². The number of carbonyl (C=O) groups excluding carboxylic acids is 2. The molecular weight excluding hydrogens is 437 g/mol. The highest BCUT2D eigenvalue weighted by Crippen LogP contribution is 2.35. The highest BCUT2D eigenvalue weighted by Gasteiger charge is 2.35. The molecule has 4 aromatic rings. The van der Waals surface area contributed by atoms with Gasteiger partial charge in [-0.15, -0.1) is 0 Å². The summed E-state index contributed by atoms with van der Waals surface area (Å²) in [5.74, 6) is -0.335. The number of aldehydes is 1. The standard InChI is InChI=1S/C24H24FN7O2/c1-24(2,3)28-23(34)30-11-18(12-30)31-14-27-21(15-4-6-16(25)7-5-15)22(31)19-8-9-20-26-10-17(13-33)32(20)29-19/h4-10,13-14,18H,11-12H2,1-3H3,(H,28,34). The highest BCUT2D eigenvalue weighted by molar-refractivity contribution is 5.79. The molecule has 0 unspecified atom stereocenters. The lowest BCUT2D eigenvalue weighted by atomic mass is 10.0. The monoisotopic (exact) mass is 461 g/mol. The van der Waals surface area contributed by atoms with Crippen molar-refractivity contribution >= 4 is 18.0 Å². The average molecular weight is 462 g/mol. The summed E-state index contributed by atoms with van der Waals surface area (Å²) in [5.41, 5.74) is 3.24. The number of nitrogens with zero attached hydrogens (tertiary/aromatic N) is 6. The van der Waals surface area contributed by atoms with Crippen LogP contribution in [-0.2, 0) is 0 Å². The first-order valence-corrected chi connectivity index (χ1v) is 10.9. The molecule has 174 valence electrons. The molecule has 0 bridgehead atoms. The second-order valence-corrected chi connectivity index (χ2v) is 9.38. The summed E-state index contributed by atoms with van der Waals surface area (Å²) in [4.78, 5) is 34.5. The first-order chi connectivity index (χ1) is 16.2. The zero-order valence-corrected chi connectivity index (χ0v) is 19.1. The summed E-state index contributed by atoms with van der Waals surface area (Å²) in [6.45, 7) is 6.85. The first kappa shape index (κ1) is 21.7. The van der Waals surface area contributed by atoms with E-state index >= 15 is 0 Å². The Labute approximate surface area is 195 Å². The van der Waals surface area contributed by atoms with Crippen LogP contribution in [0.25, 0.3) is 28.3 Å². The van der Waals surface area contributed by atoms with E-state index in [2.05, 4.69) is 20.4 Å². The molecule has 0 radical (unpaired) electrons. The van der Waals surface area contributed by atoms with Gasteiger partial charge < -0.3 is 14.8 Å². The number of urea groups is 1. The number of carbonyl (C=O) groups is 2. The molecule has 3 aromatic heterocycles. The number of benzene rings is 1. The maximum atomic E-state index is 13.6. The number of aromatic nitrogens is 5. The van der Waals surface area contributed by atoms with Crippen molar-refractivity contribution in [2.75, 3.05) is 13.1 Å². The number of fused-ring (bicyclic) bond motifs is 1. The number of amides is 2. The molecular formula is C24H24FN7O2. The molecule has 0 aliphatic carbocycles. The molecule has 1 saturated heterocycles. The lowest BCUT2D eigenvalue weighted by molar-refractivity contribution is 0.111. The molecule has 0 atom stereocenters. The van der Waals surface area contributed by atoms with Crippen molar-refractivity contribution in [3.63, 3.8) is 0 Å². The van der Waals surface area contributed by atoms with Gasteiger partial charge in [-0.2, -0.15) is 5.10 Å². The Morgan fingerprint density at radius 1 is 1.12 bits per heavy atom. The van der Waals surface area contributed by atoms with Crippen molar-refractivity contribution < 1.29 is 14.0 Å². The Morgan fingerprint density at radius 2 is 1.85 bits per heavy atom. The van der Waals surface area contributed by atoms with E-state index in [1.807, 2.05) is 31.4 Å². The molecule has 0 saturated carbocycles. The van der Waals surface area contributed by atoms with Crippen LogP contribution in [0, 0.1) is 5.82 Å². The zero-order valence-electron chi connectivity index (χ0n) is 19.1. The molecule has 1 N–H and O–H groups in total. The molecule has 34 heavy (non-hydrogen) atoms. The Bertz CT molecular complexity index is 1380. The molecule has 9 nitrogen and oxygen atoms in total. The SMILES string of the molecule is CC(C)(C)NC(=O)N1CC(n2cnc(-c3ccc(F)cc3)c2-c2ccc3ncc(C=O)n3n2)C1. The van der Waals surface area contributed by atoms with Gasteiger partial charge in [0.2, 0.25) is 0 Å². The van der Waals surface area contributed by atoms with Crippen LogP contribution in [0.1, 0.15) is 37.3 Å². The van der Waals surface area contributed by atoms with Crippen LogP contribution in [0.2, 0.25) is 0 Å². The Balaban J connectivity index is 1.54. The van der Waals surface area contributed by atoms with Gasteiger partial charge in [-0.05, 0) is 57.2 Å². The van der Waals surface area contributed by atoms with E-state index in [1.165, 1.54) is 22.8 Å².